The molecule has 3 nitrogen and oxygen atoms in total. The van der Waals surface area contributed by atoms with Crippen LogP contribution in [0, 0.1) is 0 Å². The summed E-state index contributed by atoms with van der Waals surface area (Å²) in [5.74, 6) is -0.161. The van der Waals surface area contributed by atoms with Crippen LogP contribution in [0.15, 0.2) is 5.16 Å². The molecule has 19 heavy (non-hydrogen) atoms. The second kappa shape index (κ2) is 11.0. The Morgan fingerprint density at radius 1 is 1.00 bits per heavy atom. The van der Waals surface area contributed by atoms with E-state index in [4.69, 9.17) is 4.84 Å². The van der Waals surface area contributed by atoms with Crippen molar-refractivity contribution in [2.45, 2.75) is 90.4 Å². The lowest BCUT2D eigenvalue weighted by Crippen LogP contribution is -2.08. The third kappa shape index (κ3) is 8.79. The van der Waals surface area contributed by atoms with Crippen LogP contribution >= 0.6 is 0 Å². The molecule has 3 heteroatoms. The summed E-state index contributed by atoms with van der Waals surface area (Å²) in [7, 11) is 0. The lowest BCUT2D eigenvalue weighted by Gasteiger charge is -2.10. The van der Waals surface area contributed by atoms with Gasteiger partial charge < -0.3 is 4.84 Å². The molecule has 0 atom stereocenters. The Bertz CT molecular complexity index is 266. The van der Waals surface area contributed by atoms with Crippen LogP contribution in [0.3, 0.4) is 0 Å². The Morgan fingerprint density at radius 3 is 2.32 bits per heavy atom. The number of rotatable bonds is 9. The number of nitrogens with zero attached hydrogens (tertiary/aromatic N) is 1. The topological polar surface area (TPSA) is 38.7 Å². The van der Waals surface area contributed by atoms with Gasteiger partial charge in [-0.25, -0.2) is 4.79 Å². The molecule has 0 unspecified atom stereocenters. The van der Waals surface area contributed by atoms with Crippen molar-refractivity contribution in [2.75, 3.05) is 0 Å². The predicted molar refractivity (Wildman–Crippen MR) is 79.2 cm³/mol. The van der Waals surface area contributed by atoms with Crippen molar-refractivity contribution in [1.82, 2.24) is 0 Å². The van der Waals surface area contributed by atoms with Gasteiger partial charge in [0.15, 0.2) is 0 Å². The summed E-state index contributed by atoms with van der Waals surface area (Å²) in [6.07, 6.45) is 14.7. The van der Waals surface area contributed by atoms with Gasteiger partial charge in [-0.2, -0.15) is 0 Å². The average Bonchev–Trinajstić information content (AvgIpc) is 2.45. The van der Waals surface area contributed by atoms with E-state index in [0.717, 1.165) is 31.4 Å². The van der Waals surface area contributed by atoms with Gasteiger partial charge in [0.1, 0.15) is 0 Å². The van der Waals surface area contributed by atoms with Gasteiger partial charge in [-0.1, -0.05) is 57.0 Å². The van der Waals surface area contributed by atoms with Crippen molar-refractivity contribution in [1.29, 1.82) is 0 Å². The van der Waals surface area contributed by atoms with Crippen molar-refractivity contribution in [3.05, 3.63) is 0 Å². The predicted octanol–water partition coefficient (Wildman–Crippen LogP) is 4.99. The molecule has 0 aromatic heterocycles. The molecular formula is C16H29NO2. The van der Waals surface area contributed by atoms with E-state index in [0.29, 0.717) is 6.42 Å². The highest BCUT2D eigenvalue weighted by Gasteiger charge is 2.08. The molecule has 1 saturated carbocycles. The minimum absolute atomic E-state index is 0.161. The van der Waals surface area contributed by atoms with E-state index in [-0.39, 0.29) is 5.97 Å². The Balaban J connectivity index is 1.95. The molecule has 1 aliphatic rings. The molecule has 1 rings (SSSR count). The number of oxime groups is 1. The highest BCUT2D eigenvalue weighted by Crippen LogP contribution is 2.15. The van der Waals surface area contributed by atoms with Crippen LogP contribution in [-0.2, 0) is 9.63 Å². The number of unbranched alkanes of at least 4 members (excludes halogenated alkanes) is 6. The minimum atomic E-state index is -0.161. The number of carbonyl (C=O) groups excluding carboxylic acids is 1. The first-order valence-corrected chi connectivity index (χ1v) is 8.08. The van der Waals surface area contributed by atoms with Crippen LogP contribution in [0.5, 0.6) is 0 Å². The number of carbonyl (C=O) groups is 1. The third-order valence-electron chi connectivity index (χ3n) is 3.69. The zero-order valence-electron chi connectivity index (χ0n) is 12.5. The molecule has 0 aromatic carbocycles. The van der Waals surface area contributed by atoms with Gasteiger partial charge in [-0.15, -0.1) is 0 Å². The molecule has 110 valence electrons. The monoisotopic (exact) mass is 267 g/mol. The van der Waals surface area contributed by atoms with Gasteiger partial charge in [0, 0.05) is 6.42 Å². The van der Waals surface area contributed by atoms with Gasteiger partial charge in [-0.3, -0.25) is 0 Å². The van der Waals surface area contributed by atoms with Crippen LogP contribution in [-0.4, -0.2) is 11.7 Å². The van der Waals surface area contributed by atoms with Gasteiger partial charge in [0.25, 0.3) is 0 Å². The van der Waals surface area contributed by atoms with Crippen molar-refractivity contribution in [3.63, 3.8) is 0 Å². The lowest BCUT2D eigenvalue weighted by atomic mass is 9.99. The first-order valence-electron chi connectivity index (χ1n) is 8.08. The standard InChI is InChI=1S/C16H29NO2/c1-2-3-4-5-6-7-11-14-16(18)19-17-15-12-9-8-10-13-15/h2-14H2,1H3. The van der Waals surface area contributed by atoms with E-state index >= 15 is 0 Å². The highest BCUT2D eigenvalue weighted by molar-refractivity contribution is 5.85. The highest BCUT2D eigenvalue weighted by atomic mass is 16.7. The summed E-state index contributed by atoms with van der Waals surface area (Å²) >= 11 is 0. The van der Waals surface area contributed by atoms with Crippen molar-refractivity contribution >= 4 is 11.7 Å². The summed E-state index contributed by atoms with van der Waals surface area (Å²) in [4.78, 5) is 16.5. The maximum Gasteiger partial charge on any atom is 0.335 e. The van der Waals surface area contributed by atoms with Crippen molar-refractivity contribution < 1.29 is 9.63 Å². The average molecular weight is 267 g/mol. The molecule has 1 aliphatic carbocycles. The normalized spacial score (nSPS) is 15.3. The van der Waals surface area contributed by atoms with Crippen LogP contribution in [0.1, 0.15) is 90.4 Å². The van der Waals surface area contributed by atoms with E-state index in [9.17, 15) is 4.79 Å². The van der Waals surface area contributed by atoms with E-state index in [1.165, 1.54) is 51.4 Å². The van der Waals surface area contributed by atoms with E-state index < -0.39 is 0 Å². The number of hydrogen-bond donors (Lipinski definition) is 0. The van der Waals surface area contributed by atoms with Crippen LogP contribution in [0.2, 0.25) is 0 Å². The van der Waals surface area contributed by atoms with Gasteiger partial charge in [0.2, 0.25) is 0 Å². The first-order chi connectivity index (χ1) is 9.33. The van der Waals surface area contributed by atoms with Crippen LogP contribution in [0.4, 0.5) is 0 Å². The summed E-state index contributed by atoms with van der Waals surface area (Å²) in [5, 5.41) is 3.99. The zero-order valence-corrected chi connectivity index (χ0v) is 12.5. The lowest BCUT2D eigenvalue weighted by molar-refractivity contribution is -0.143. The molecule has 0 bridgehead atoms. The molecule has 1 fully saturated rings. The fraction of sp³-hybridized carbons (Fsp3) is 0.875. The summed E-state index contributed by atoms with van der Waals surface area (Å²) in [6, 6.07) is 0. The van der Waals surface area contributed by atoms with E-state index in [2.05, 4.69) is 12.1 Å². The van der Waals surface area contributed by atoms with E-state index in [1.54, 1.807) is 0 Å². The van der Waals surface area contributed by atoms with Crippen molar-refractivity contribution in [2.24, 2.45) is 5.16 Å². The van der Waals surface area contributed by atoms with Crippen LogP contribution < -0.4 is 0 Å². The molecule has 0 N–H and O–H groups in total. The second-order valence-corrected chi connectivity index (χ2v) is 5.55. The maximum atomic E-state index is 11.5. The second-order valence-electron chi connectivity index (χ2n) is 5.55. The first kappa shape index (κ1) is 16.2. The molecule has 0 aliphatic heterocycles. The molecule has 0 heterocycles. The SMILES string of the molecule is CCCCCCCCCC(=O)ON=C1CCCCC1. The van der Waals surface area contributed by atoms with Gasteiger partial charge >= 0.3 is 5.97 Å². The smallest absolute Gasteiger partial charge is 0.318 e. The summed E-state index contributed by atoms with van der Waals surface area (Å²) in [6.45, 7) is 2.23. The summed E-state index contributed by atoms with van der Waals surface area (Å²) < 4.78 is 0. The Morgan fingerprint density at radius 2 is 1.63 bits per heavy atom. The quantitative estimate of drug-likeness (QED) is 0.335. The molecule has 0 saturated heterocycles. The molecule has 0 aromatic rings. The Labute approximate surface area is 117 Å². The number of hydrogen-bond acceptors (Lipinski definition) is 3. The van der Waals surface area contributed by atoms with Gasteiger partial charge in [0.05, 0.1) is 5.71 Å². The molecule has 0 amide bonds. The Hall–Kier alpha value is -0.860. The third-order valence-corrected chi connectivity index (χ3v) is 3.69. The summed E-state index contributed by atoms with van der Waals surface area (Å²) in [5.41, 5.74) is 1.07. The largest absolute Gasteiger partial charge is 0.335 e. The van der Waals surface area contributed by atoms with E-state index in [1.807, 2.05) is 0 Å². The zero-order chi connectivity index (χ0) is 13.8. The Kier molecular flexibility index (Phi) is 9.38. The fourth-order valence-corrected chi connectivity index (χ4v) is 2.44. The van der Waals surface area contributed by atoms with Crippen molar-refractivity contribution in [3.8, 4) is 0 Å². The van der Waals surface area contributed by atoms with Crippen LogP contribution in [0.25, 0.3) is 0 Å². The fourth-order valence-electron chi connectivity index (χ4n) is 2.44. The molecular weight excluding hydrogens is 238 g/mol. The molecule has 0 spiro atoms. The maximum absolute atomic E-state index is 11.5. The minimum Gasteiger partial charge on any atom is -0.318 e. The molecule has 0 radical (unpaired) electrons. The van der Waals surface area contributed by atoms with Gasteiger partial charge in [-0.05, 0) is 32.1 Å².